The fourth-order valence-corrected chi connectivity index (χ4v) is 2.15. The molecule has 0 aliphatic rings. The topological polar surface area (TPSA) is 101 Å². The number of esters is 1. The Morgan fingerprint density at radius 3 is 2.64 bits per heavy atom. The van der Waals surface area contributed by atoms with Gasteiger partial charge in [-0.05, 0) is 26.0 Å². The minimum atomic E-state index is -0.975. The summed E-state index contributed by atoms with van der Waals surface area (Å²) in [5.41, 5.74) is 1.18. The second-order valence-corrected chi connectivity index (χ2v) is 5.47. The highest BCUT2D eigenvalue weighted by Crippen LogP contribution is 2.11. The summed E-state index contributed by atoms with van der Waals surface area (Å²) in [6.45, 7) is 3.41. The van der Waals surface area contributed by atoms with Gasteiger partial charge in [-0.25, -0.2) is 4.79 Å². The van der Waals surface area contributed by atoms with Crippen molar-refractivity contribution in [3.63, 3.8) is 0 Å². The molecule has 2 aromatic rings. The SMILES string of the molecule is Cc1nn(-c2ccccc2)nc1C(=O)O[C@@H](C)C(=O)N(C)CCC#N. The highest BCUT2D eigenvalue weighted by molar-refractivity contribution is 5.91. The molecule has 0 saturated heterocycles. The van der Waals surface area contributed by atoms with Crippen LogP contribution in [0.5, 0.6) is 0 Å². The first-order chi connectivity index (χ1) is 11.9. The van der Waals surface area contributed by atoms with Gasteiger partial charge in [-0.3, -0.25) is 4.79 Å². The number of carbonyl (C=O) groups is 2. The molecule has 25 heavy (non-hydrogen) atoms. The van der Waals surface area contributed by atoms with Crippen molar-refractivity contribution in [1.82, 2.24) is 19.9 Å². The summed E-state index contributed by atoms with van der Waals surface area (Å²) in [7, 11) is 1.56. The molecule has 1 amide bonds. The second-order valence-electron chi connectivity index (χ2n) is 5.47. The average Bonchev–Trinajstić information content (AvgIpc) is 3.01. The van der Waals surface area contributed by atoms with Crippen LogP contribution < -0.4 is 0 Å². The van der Waals surface area contributed by atoms with Gasteiger partial charge in [-0.15, -0.1) is 5.10 Å². The smallest absolute Gasteiger partial charge is 0.361 e. The number of hydrogen-bond acceptors (Lipinski definition) is 6. The van der Waals surface area contributed by atoms with Crippen molar-refractivity contribution in [2.24, 2.45) is 0 Å². The summed E-state index contributed by atoms with van der Waals surface area (Å²) in [6.07, 6.45) is -0.759. The zero-order chi connectivity index (χ0) is 18.4. The molecule has 1 heterocycles. The summed E-state index contributed by atoms with van der Waals surface area (Å²) in [5, 5.41) is 16.9. The van der Waals surface area contributed by atoms with Crippen LogP contribution in [0.4, 0.5) is 0 Å². The van der Waals surface area contributed by atoms with Crippen LogP contribution in [0.25, 0.3) is 5.69 Å². The number of hydrogen-bond donors (Lipinski definition) is 0. The third-order valence-corrected chi connectivity index (χ3v) is 3.53. The Labute approximate surface area is 145 Å². The number of aryl methyl sites for hydroxylation is 1. The molecule has 0 N–H and O–H groups in total. The van der Waals surface area contributed by atoms with E-state index in [-0.39, 0.29) is 24.6 Å². The van der Waals surface area contributed by atoms with Crippen LogP contribution in [0.2, 0.25) is 0 Å². The molecule has 0 radical (unpaired) electrons. The number of amides is 1. The normalized spacial score (nSPS) is 11.4. The Balaban J connectivity index is 2.07. The van der Waals surface area contributed by atoms with Gasteiger partial charge < -0.3 is 9.64 Å². The third-order valence-electron chi connectivity index (χ3n) is 3.53. The van der Waals surface area contributed by atoms with Gasteiger partial charge in [0, 0.05) is 13.6 Å². The standard InChI is InChI=1S/C17H19N5O3/c1-12-15(20-22(19-12)14-8-5-4-6-9-14)17(24)25-13(2)16(23)21(3)11-7-10-18/h4-6,8-9,13H,7,11H2,1-3H3/t13-/m0/s1. The summed E-state index contributed by atoms with van der Waals surface area (Å²) < 4.78 is 5.20. The predicted molar refractivity (Wildman–Crippen MR) is 88.8 cm³/mol. The lowest BCUT2D eigenvalue weighted by Crippen LogP contribution is -2.38. The molecule has 130 valence electrons. The van der Waals surface area contributed by atoms with Crippen LogP contribution in [-0.2, 0) is 9.53 Å². The molecule has 8 heteroatoms. The highest BCUT2D eigenvalue weighted by Gasteiger charge is 2.25. The molecule has 1 aromatic carbocycles. The predicted octanol–water partition coefficient (Wildman–Crippen LogP) is 1.49. The zero-order valence-corrected chi connectivity index (χ0v) is 14.3. The maximum atomic E-state index is 12.3. The minimum absolute atomic E-state index is 0.0585. The number of rotatable bonds is 6. The van der Waals surface area contributed by atoms with E-state index in [9.17, 15) is 9.59 Å². The Kier molecular flexibility index (Phi) is 5.84. The first-order valence-corrected chi connectivity index (χ1v) is 7.76. The molecule has 0 spiro atoms. The number of likely N-dealkylation sites (N-methyl/N-ethyl adjacent to an activating group) is 1. The second kappa shape index (κ2) is 8.06. The summed E-state index contributed by atoms with van der Waals surface area (Å²) in [5.74, 6) is -1.09. The lowest BCUT2D eigenvalue weighted by molar-refractivity contribution is -0.138. The molecular formula is C17H19N5O3. The number of nitrogens with zero attached hydrogens (tertiary/aromatic N) is 5. The number of carbonyl (C=O) groups excluding carboxylic acids is 2. The Hall–Kier alpha value is -3.21. The monoisotopic (exact) mass is 341 g/mol. The van der Waals surface area contributed by atoms with Gasteiger partial charge in [0.15, 0.2) is 11.8 Å². The molecule has 0 aliphatic carbocycles. The van der Waals surface area contributed by atoms with Gasteiger partial charge in [-0.2, -0.15) is 15.2 Å². The number of benzene rings is 1. The quantitative estimate of drug-likeness (QED) is 0.738. The van der Waals surface area contributed by atoms with Crippen LogP contribution in [0, 0.1) is 18.3 Å². The van der Waals surface area contributed by atoms with E-state index in [1.165, 1.54) is 16.6 Å². The van der Waals surface area contributed by atoms with Crippen molar-refractivity contribution in [3.05, 3.63) is 41.7 Å². The van der Waals surface area contributed by atoms with E-state index in [1.807, 2.05) is 36.4 Å². The van der Waals surface area contributed by atoms with Gasteiger partial charge >= 0.3 is 5.97 Å². The maximum Gasteiger partial charge on any atom is 0.361 e. The number of para-hydroxylation sites is 1. The Bertz CT molecular complexity index is 794. The van der Waals surface area contributed by atoms with Crippen LogP contribution in [0.15, 0.2) is 30.3 Å². The van der Waals surface area contributed by atoms with Gasteiger partial charge in [0.25, 0.3) is 5.91 Å². The molecule has 8 nitrogen and oxygen atoms in total. The largest absolute Gasteiger partial charge is 0.448 e. The van der Waals surface area contributed by atoms with Crippen molar-refractivity contribution in [3.8, 4) is 11.8 Å². The van der Waals surface area contributed by atoms with Gasteiger partial charge in [0.05, 0.1) is 23.9 Å². The summed E-state index contributed by atoms with van der Waals surface area (Å²) in [6, 6.07) is 11.1. The Morgan fingerprint density at radius 2 is 2.00 bits per heavy atom. The minimum Gasteiger partial charge on any atom is -0.448 e. The fraction of sp³-hybridized carbons (Fsp3) is 0.353. The van der Waals surface area contributed by atoms with Crippen LogP contribution in [-0.4, -0.2) is 51.5 Å². The number of ether oxygens (including phenoxy) is 1. The van der Waals surface area contributed by atoms with Gasteiger partial charge in [-0.1, -0.05) is 18.2 Å². The van der Waals surface area contributed by atoms with Crippen LogP contribution in [0.3, 0.4) is 0 Å². The third kappa shape index (κ3) is 4.41. The first kappa shape index (κ1) is 18.1. The molecule has 0 saturated carbocycles. The van der Waals surface area contributed by atoms with E-state index >= 15 is 0 Å². The Morgan fingerprint density at radius 1 is 1.32 bits per heavy atom. The van der Waals surface area contributed by atoms with E-state index in [1.54, 1.807) is 14.0 Å². The number of nitriles is 1. The molecule has 0 bridgehead atoms. The van der Waals surface area contributed by atoms with E-state index in [2.05, 4.69) is 10.2 Å². The average molecular weight is 341 g/mol. The van der Waals surface area contributed by atoms with Gasteiger partial charge in [0.1, 0.15) is 0 Å². The van der Waals surface area contributed by atoms with E-state index in [0.29, 0.717) is 11.4 Å². The molecule has 0 fully saturated rings. The van der Waals surface area contributed by atoms with E-state index < -0.39 is 12.1 Å². The van der Waals surface area contributed by atoms with Crippen LogP contribution >= 0.6 is 0 Å². The van der Waals surface area contributed by atoms with Crippen molar-refractivity contribution >= 4 is 11.9 Å². The lowest BCUT2D eigenvalue weighted by Gasteiger charge is -2.20. The van der Waals surface area contributed by atoms with Crippen LogP contribution in [0.1, 0.15) is 29.5 Å². The maximum absolute atomic E-state index is 12.3. The van der Waals surface area contributed by atoms with E-state index in [4.69, 9.17) is 10.00 Å². The van der Waals surface area contributed by atoms with Crippen molar-refractivity contribution in [2.45, 2.75) is 26.4 Å². The zero-order valence-electron chi connectivity index (χ0n) is 14.3. The molecule has 2 rings (SSSR count). The lowest BCUT2D eigenvalue weighted by atomic mass is 10.3. The fourth-order valence-electron chi connectivity index (χ4n) is 2.15. The van der Waals surface area contributed by atoms with E-state index in [0.717, 1.165) is 0 Å². The number of aromatic nitrogens is 3. The summed E-state index contributed by atoms with van der Waals surface area (Å²) >= 11 is 0. The van der Waals surface area contributed by atoms with Crippen molar-refractivity contribution in [1.29, 1.82) is 5.26 Å². The molecule has 1 atom stereocenters. The molecule has 1 aromatic heterocycles. The molecule has 0 aliphatic heterocycles. The molecule has 0 unspecified atom stereocenters. The van der Waals surface area contributed by atoms with Crippen molar-refractivity contribution < 1.29 is 14.3 Å². The summed E-state index contributed by atoms with van der Waals surface area (Å²) in [4.78, 5) is 27.1. The molecular weight excluding hydrogens is 322 g/mol. The first-order valence-electron chi connectivity index (χ1n) is 7.76. The van der Waals surface area contributed by atoms with Gasteiger partial charge in [0.2, 0.25) is 0 Å². The highest BCUT2D eigenvalue weighted by atomic mass is 16.5. The van der Waals surface area contributed by atoms with Crippen molar-refractivity contribution in [2.75, 3.05) is 13.6 Å².